The molecule has 1 aromatic heterocycles. The van der Waals surface area contributed by atoms with E-state index in [0.29, 0.717) is 5.01 Å². The van der Waals surface area contributed by atoms with Crippen LogP contribution in [0.1, 0.15) is 16.9 Å². The number of aryl methyl sites for hydroxylation is 1. The van der Waals surface area contributed by atoms with Gasteiger partial charge in [-0.25, -0.2) is 4.98 Å². The normalized spacial score (nSPS) is 13.7. The van der Waals surface area contributed by atoms with Crippen molar-refractivity contribution < 1.29 is 5.11 Å². The van der Waals surface area contributed by atoms with Crippen molar-refractivity contribution in [2.24, 2.45) is 5.73 Å². The Labute approximate surface area is 57.2 Å². The summed E-state index contributed by atoms with van der Waals surface area (Å²) in [6.07, 6.45) is -0.913. The number of aliphatic hydroxyl groups excluding tert-OH is 1. The standard InChI is InChI=1S/C5H8N2OS/c1-3-2-9-5(7-3)4(6)8/h2,4,8H,6H2,1H3. The van der Waals surface area contributed by atoms with E-state index in [1.807, 2.05) is 12.3 Å². The highest BCUT2D eigenvalue weighted by atomic mass is 32.1. The molecule has 1 aromatic rings. The zero-order chi connectivity index (χ0) is 6.85. The summed E-state index contributed by atoms with van der Waals surface area (Å²) in [5.74, 6) is 0. The molecule has 9 heavy (non-hydrogen) atoms. The molecule has 0 aromatic carbocycles. The van der Waals surface area contributed by atoms with Gasteiger partial charge in [-0.05, 0) is 6.92 Å². The molecule has 1 unspecified atom stereocenters. The Morgan fingerprint density at radius 2 is 2.56 bits per heavy atom. The number of rotatable bonds is 1. The van der Waals surface area contributed by atoms with Crippen molar-refractivity contribution in [1.29, 1.82) is 0 Å². The highest BCUT2D eigenvalue weighted by molar-refractivity contribution is 7.09. The maximum atomic E-state index is 8.76. The van der Waals surface area contributed by atoms with Crippen LogP contribution in [0.4, 0.5) is 0 Å². The SMILES string of the molecule is Cc1csc(C(N)O)n1. The topological polar surface area (TPSA) is 59.1 Å². The number of nitrogens with zero attached hydrogens (tertiary/aromatic N) is 1. The van der Waals surface area contributed by atoms with E-state index in [4.69, 9.17) is 10.8 Å². The fourth-order valence-corrected chi connectivity index (χ4v) is 1.19. The molecule has 1 atom stereocenters. The molecule has 0 radical (unpaired) electrons. The molecule has 0 bridgehead atoms. The van der Waals surface area contributed by atoms with Gasteiger partial charge in [0.15, 0.2) is 6.23 Å². The smallest absolute Gasteiger partial charge is 0.155 e. The van der Waals surface area contributed by atoms with Crippen molar-refractivity contribution in [1.82, 2.24) is 4.98 Å². The minimum absolute atomic E-state index is 0.576. The van der Waals surface area contributed by atoms with Crippen molar-refractivity contribution in [3.8, 4) is 0 Å². The zero-order valence-electron chi connectivity index (χ0n) is 5.03. The number of hydrogen-bond donors (Lipinski definition) is 2. The lowest BCUT2D eigenvalue weighted by molar-refractivity contribution is 0.185. The van der Waals surface area contributed by atoms with E-state index < -0.39 is 6.23 Å². The highest BCUT2D eigenvalue weighted by Gasteiger charge is 2.03. The van der Waals surface area contributed by atoms with Gasteiger partial charge in [0.25, 0.3) is 0 Å². The van der Waals surface area contributed by atoms with Gasteiger partial charge in [0, 0.05) is 11.1 Å². The first kappa shape index (κ1) is 6.67. The lowest BCUT2D eigenvalue weighted by Crippen LogP contribution is -2.07. The number of aliphatic hydroxyl groups is 1. The van der Waals surface area contributed by atoms with Crippen LogP contribution in [0.3, 0.4) is 0 Å². The third kappa shape index (κ3) is 1.48. The van der Waals surface area contributed by atoms with Gasteiger partial charge in [0.1, 0.15) is 5.01 Å². The van der Waals surface area contributed by atoms with Crippen LogP contribution in [0.15, 0.2) is 5.38 Å². The fraction of sp³-hybridized carbons (Fsp3) is 0.400. The van der Waals surface area contributed by atoms with Crippen molar-refractivity contribution >= 4 is 11.3 Å². The van der Waals surface area contributed by atoms with Crippen molar-refractivity contribution in [2.75, 3.05) is 0 Å². The molecule has 0 aliphatic carbocycles. The van der Waals surface area contributed by atoms with Gasteiger partial charge >= 0.3 is 0 Å². The molecule has 4 heteroatoms. The van der Waals surface area contributed by atoms with Gasteiger partial charge in [-0.1, -0.05) is 0 Å². The van der Waals surface area contributed by atoms with E-state index in [1.165, 1.54) is 11.3 Å². The predicted octanol–water partition coefficient (Wildman–Crippen LogP) is 0.401. The van der Waals surface area contributed by atoms with E-state index in [-0.39, 0.29) is 0 Å². The Balaban J connectivity index is 2.85. The second-order valence-corrected chi connectivity index (χ2v) is 2.66. The second kappa shape index (κ2) is 2.43. The first-order chi connectivity index (χ1) is 4.20. The van der Waals surface area contributed by atoms with Crippen LogP contribution in [-0.2, 0) is 0 Å². The molecule has 0 amide bonds. The summed E-state index contributed by atoms with van der Waals surface area (Å²) in [7, 11) is 0. The van der Waals surface area contributed by atoms with E-state index in [9.17, 15) is 0 Å². The zero-order valence-corrected chi connectivity index (χ0v) is 5.85. The van der Waals surface area contributed by atoms with Crippen molar-refractivity contribution in [2.45, 2.75) is 13.2 Å². The summed E-state index contributed by atoms with van der Waals surface area (Å²) in [4.78, 5) is 3.95. The molecule has 0 saturated carbocycles. The third-order valence-corrected chi connectivity index (χ3v) is 1.92. The Bertz CT molecular complexity index is 197. The maximum absolute atomic E-state index is 8.76. The quantitative estimate of drug-likeness (QED) is 0.561. The van der Waals surface area contributed by atoms with Crippen LogP contribution in [-0.4, -0.2) is 10.1 Å². The molecule has 0 spiro atoms. The number of aromatic nitrogens is 1. The third-order valence-electron chi connectivity index (χ3n) is 0.890. The first-order valence-corrected chi connectivity index (χ1v) is 3.44. The van der Waals surface area contributed by atoms with Crippen LogP contribution >= 0.6 is 11.3 Å². The summed E-state index contributed by atoms with van der Waals surface area (Å²) in [6, 6.07) is 0. The lowest BCUT2D eigenvalue weighted by Gasteiger charge is -1.94. The van der Waals surface area contributed by atoms with Crippen molar-refractivity contribution in [3.05, 3.63) is 16.1 Å². The van der Waals surface area contributed by atoms with Gasteiger partial charge in [0.05, 0.1) is 0 Å². The van der Waals surface area contributed by atoms with Gasteiger partial charge in [-0.2, -0.15) is 0 Å². The second-order valence-electron chi connectivity index (χ2n) is 1.77. The van der Waals surface area contributed by atoms with Crippen LogP contribution < -0.4 is 5.73 Å². The summed E-state index contributed by atoms with van der Waals surface area (Å²) in [6.45, 7) is 1.86. The molecule has 1 heterocycles. The molecular formula is C5H8N2OS. The first-order valence-electron chi connectivity index (χ1n) is 2.56. The number of hydrogen-bond acceptors (Lipinski definition) is 4. The van der Waals surface area contributed by atoms with Crippen LogP contribution in [0, 0.1) is 6.92 Å². The summed E-state index contributed by atoms with van der Waals surface area (Å²) in [5.41, 5.74) is 6.03. The van der Waals surface area contributed by atoms with Gasteiger partial charge in [0.2, 0.25) is 0 Å². The molecule has 0 fully saturated rings. The van der Waals surface area contributed by atoms with E-state index in [1.54, 1.807) is 0 Å². The monoisotopic (exact) mass is 144 g/mol. The van der Waals surface area contributed by atoms with Gasteiger partial charge < -0.3 is 10.8 Å². The lowest BCUT2D eigenvalue weighted by atomic mass is 10.5. The molecule has 0 aliphatic rings. The number of thiazole rings is 1. The Morgan fingerprint density at radius 1 is 1.89 bits per heavy atom. The average Bonchev–Trinajstić information content (AvgIpc) is 2.14. The Kier molecular flexibility index (Phi) is 1.80. The molecule has 0 aliphatic heterocycles. The van der Waals surface area contributed by atoms with Crippen LogP contribution in [0.5, 0.6) is 0 Å². The minimum atomic E-state index is -0.913. The minimum Gasteiger partial charge on any atom is -0.372 e. The van der Waals surface area contributed by atoms with E-state index in [0.717, 1.165) is 5.69 Å². The molecular weight excluding hydrogens is 136 g/mol. The largest absolute Gasteiger partial charge is 0.372 e. The van der Waals surface area contributed by atoms with E-state index in [2.05, 4.69) is 4.98 Å². The average molecular weight is 144 g/mol. The van der Waals surface area contributed by atoms with Crippen molar-refractivity contribution in [3.63, 3.8) is 0 Å². The van der Waals surface area contributed by atoms with Gasteiger partial charge in [-0.3, -0.25) is 0 Å². The van der Waals surface area contributed by atoms with E-state index >= 15 is 0 Å². The van der Waals surface area contributed by atoms with Crippen LogP contribution in [0.25, 0.3) is 0 Å². The highest BCUT2D eigenvalue weighted by Crippen LogP contribution is 2.12. The molecule has 3 nitrogen and oxygen atoms in total. The fourth-order valence-electron chi connectivity index (χ4n) is 0.508. The maximum Gasteiger partial charge on any atom is 0.155 e. The molecule has 3 N–H and O–H groups in total. The summed E-state index contributed by atoms with van der Waals surface area (Å²) >= 11 is 1.37. The molecule has 0 saturated heterocycles. The summed E-state index contributed by atoms with van der Waals surface area (Å²) < 4.78 is 0. The number of nitrogens with two attached hydrogens (primary N) is 1. The predicted molar refractivity (Wildman–Crippen MR) is 36.0 cm³/mol. The summed E-state index contributed by atoms with van der Waals surface area (Å²) in [5, 5.41) is 11.2. The Morgan fingerprint density at radius 3 is 2.78 bits per heavy atom. The molecule has 1 rings (SSSR count). The van der Waals surface area contributed by atoms with Crippen LogP contribution in [0.2, 0.25) is 0 Å². The Hall–Kier alpha value is -0.450. The molecule has 50 valence electrons. The van der Waals surface area contributed by atoms with Gasteiger partial charge in [-0.15, -0.1) is 11.3 Å².